The Labute approximate surface area is 458 Å². The minimum Gasteiger partial charge on any atom is -0.744 e. The molecule has 0 atom stereocenters. The molecule has 0 bridgehead atoms. The molecule has 2 aliphatic heterocycles. The van der Waals surface area contributed by atoms with Gasteiger partial charge in [0.2, 0.25) is 5.69 Å². The average Bonchev–Trinajstić information content (AvgIpc) is 3.71. The molecule has 2 aliphatic rings. The third kappa shape index (κ3) is 13.1. The molecule has 2 N–H and O–H groups in total. The second-order valence-electron chi connectivity index (χ2n) is 19.1. The van der Waals surface area contributed by atoms with Crippen molar-refractivity contribution in [3.05, 3.63) is 161 Å². The zero-order valence-electron chi connectivity index (χ0n) is 43.0. The van der Waals surface area contributed by atoms with E-state index in [4.69, 9.17) is 9.47 Å². The summed E-state index contributed by atoms with van der Waals surface area (Å²) in [6, 6.07) is 33.8. The number of Topliss-reactive ketones (excluding diaryl/α,β-unsaturated/α-hetero) is 1. The van der Waals surface area contributed by atoms with Crippen LogP contribution < -0.4 is 55.7 Å². The van der Waals surface area contributed by atoms with Gasteiger partial charge in [0, 0.05) is 84.8 Å². The van der Waals surface area contributed by atoms with Gasteiger partial charge in [-0.25, -0.2) is 13.2 Å². The number of unbranched alkanes of at least 4 members (excludes halogenated alkanes) is 2. The molecular weight excluding hydrogens is 1010 g/mol. The number of carbonyl (C=O) groups is 3. The first-order chi connectivity index (χ1) is 34.7. The number of fused-ring (bicyclic) bond motifs is 2. The van der Waals surface area contributed by atoms with Crippen LogP contribution >= 0.6 is 7.92 Å². The fourth-order valence-electron chi connectivity index (χ4n) is 9.73. The first-order valence-corrected chi connectivity index (χ1v) is 28.3. The van der Waals surface area contributed by atoms with E-state index in [9.17, 15) is 40.3 Å². The number of hydrogen-bond acceptors (Lipinski definition) is 11. The van der Waals surface area contributed by atoms with Crippen molar-refractivity contribution in [1.29, 1.82) is 0 Å². The molecule has 0 unspecified atom stereocenters. The van der Waals surface area contributed by atoms with Gasteiger partial charge in [-0.15, -0.1) is 0 Å². The maximum Gasteiger partial charge on any atom is 1.00 e. The number of benzene rings is 5. The minimum atomic E-state index is -4.73. The zero-order chi connectivity index (χ0) is 52.7. The molecule has 0 aliphatic carbocycles. The summed E-state index contributed by atoms with van der Waals surface area (Å²) in [4.78, 5) is 41.2. The van der Waals surface area contributed by atoms with Crippen LogP contribution in [0.3, 0.4) is 0 Å². The molecule has 0 aromatic heterocycles. The Morgan fingerprint density at radius 1 is 0.770 bits per heavy atom. The van der Waals surface area contributed by atoms with E-state index in [-0.39, 0.29) is 57.6 Å². The number of methoxy groups -OCH3 is 2. The van der Waals surface area contributed by atoms with E-state index in [2.05, 4.69) is 14.8 Å². The van der Waals surface area contributed by atoms with E-state index in [1.165, 1.54) is 31.4 Å². The van der Waals surface area contributed by atoms with Crippen LogP contribution in [0.5, 0.6) is 0 Å². The van der Waals surface area contributed by atoms with Crippen molar-refractivity contribution in [3.63, 3.8) is 0 Å². The van der Waals surface area contributed by atoms with Crippen LogP contribution in [0.1, 0.15) is 98.1 Å². The second kappa shape index (κ2) is 24.7. The van der Waals surface area contributed by atoms with Gasteiger partial charge in [-0.1, -0.05) is 80.6 Å². The van der Waals surface area contributed by atoms with E-state index < -0.39 is 45.0 Å². The van der Waals surface area contributed by atoms with E-state index >= 15 is 0 Å². The fourth-order valence-corrected chi connectivity index (χ4v) is 13.2. The van der Waals surface area contributed by atoms with Gasteiger partial charge in [-0.05, 0) is 112 Å². The van der Waals surface area contributed by atoms with Crippen LogP contribution in [-0.2, 0) is 45.3 Å². The monoisotopic (exact) mass is 1070 g/mol. The maximum absolute atomic E-state index is 13.5. The van der Waals surface area contributed by atoms with Crippen molar-refractivity contribution in [3.8, 4) is 0 Å². The van der Waals surface area contributed by atoms with Gasteiger partial charge in [-0.2, -0.15) is 13.0 Å². The van der Waals surface area contributed by atoms with Crippen LogP contribution in [-0.4, -0.2) is 94.3 Å². The molecule has 18 heteroatoms. The Hall–Kier alpha value is -5.13. The largest absolute Gasteiger partial charge is 1.00 e. The fraction of sp³-hybridized carbons (Fsp3) is 0.321. The molecule has 0 saturated carbocycles. The normalized spacial score (nSPS) is 15.3. The van der Waals surface area contributed by atoms with Gasteiger partial charge in [0.1, 0.15) is 22.4 Å². The molecule has 0 radical (unpaired) electrons. The van der Waals surface area contributed by atoms with Crippen LogP contribution in [0.2, 0.25) is 0 Å². The van der Waals surface area contributed by atoms with Crippen molar-refractivity contribution < 1.29 is 83.9 Å². The molecule has 1 amide bonds. The van der Waals surface area contributed by atoms with Crippen LogP contribution in [0.25, 0.3) is 0 Å². The maximum atomic E-state index is 13.5. The summed E-state index contributed by atoms with van der Waals surface area (Å²) in [7, 11) is -7.45. The Morgan fingerprint density at radius 2 is 1.41 bits per heavy atom. The van der Waals surface area contributed by atoms with Crippen molar-refractivity contribution in [2.45, 2.75) is 86.8 Å². The Morgan fingerprint density at radius 3 is 2.03 bits per heavy atom. The number of esters is 1. The number of nitrogens with one attached hydrogen (secondary N) is 1. The predicted octanol–water partition coefficient (Wildman–Crippen LogP) is 4.99. The van der Waals surface area contributed by atoms with Crippen molar-refractivity contribution in [2.75, 3.05) is 45.4 Å². The summed E-state index contributed by atoms with van der Waals surface area (Å²) in [5.74, 6) is -0.713. The number of nitrogens with zero attached hydrogens (tertiary/aromatic N) is 2. The number of ether oxygens (including phenoxy) is 2. The number of ketones is 1. The predicted molar refractivity (Wildman–Crippen MR) is 284 cm³/mol. The Kier molecular flexibility index (Phi) is 19.4. The second-order valence-corrected chi connectivity index (χ2v) is 24.1. The molecule has 0 spiro atoms. The summed E-state index contributed by atoms with van der Waals surface area (Å²) in [5, 5.41) is 5.69. The molecule has 5 aromatic carbocycles. The van der Waals surface area contributed by atoms with E-state index in [0.717, 1.165) is 45.4 Å². The average molecular weight is 1070 g/mol. The molecule has 0 saturated heterocycles. The summed E-state index contributed by atoms with van der Waals surface area (Å²) >= 11 is 0. The molecule has 0 fully saturated rings. The van der Waals surface area contributed by atoms with Crippen LogP contribution in [0.4, 0.5) is 11.4 Å². The third-order valence-corrected chi connectivity index (χ3v) is 17.7. The number of allylic oxidation sites excluding steroid dienone is 4. The van der Waals surface area contributed by atoms with E-state index in [0.29, 0.717) is 73.8 Å². The molecule has 74 heavy (non-hydrogen) atoms. The SMILES string of the molecule is COCCN1C(=CC=CC2=[N+](CCCCCC(=O)CCCNC(=O)c3ccc(C(=O)OC)c(P(c4ccccc4)c4ccccc4)c3)c3ccc(S(=O)(=O)[O-])cc3C2(C)C)C(C)(C)c2cc(S(=O)(=O)O)ccc21.[Na+]. The van der Waals surface area contributed by atoms with Crippen molar-refractivity contribution in [1.82, 2.24) is 5.32 Å². The van der Waals surface area contributed by atoms with Gasteiger partial charge in [0.15, 0.2) is 5.71 Å². The van der Waals surface area contributed by atoms with Gasteiger partial charge in [0.25, 0.3) is 16.0 Å². The summed E-state index contributed by atoms with van der Waals surface area (Å²) in [6.45, 7) is 9.62. The van der Waals surface area contributed by atoms with Gasteiger partial charge in [-0.3, -0.25) is 14.1 Å². The minimum absolute atomic E-state index is 0. The van der Waals surface area contributed by atoms with Crippen molar-refractivity contribution >= 4 is 78.8 Å². The number of amides is 1. The van der Waals surface area contributed by atoms with Gasteiger partial charge >= 0.3 is 35.5 Å². The number of anilines is 1. The topological polar surface area (TPSA) is 200 Å². The zero-order valence-corrected chi connectivity index (χ0v) is 47.5. The summed E-state index contributed by atoms with van der Waals surface area (Å²) < 4.78 is 83.3. The number of hydrogen-bond donors (Lipinski definition) is 2. The Bertz CT molecular complexity index is 3180. The molecule has 2 heterocycles. The third-order valence-electron chi connectivity index (χ3n) is 13.5. The molecule has 14 nitrogen and oxygen atoms in total. The van der Waals surface area contributed by atoms with Crippen LogP contribution in [0.15, 0.2) is 149 Å². The van der Waals surface area contributed by atoms with E-state index in [1.807, 2.05) is 107 Å². The number of carbonyl (C=O) groups excluding carboxylic acids is 3. The Balaban J connectivity index is 0.00000892. The quantitative estimate of drug-likeness (QED) is 0.0236. The summed E-state index contributed by atoms with van der Waals surface area (Å²) in [6.07, 6.45) is 9.06. The van der Waals surface area contributed by atoms with Gasteiger partial charge in [0.05, 0.1) is 34.5 Å². The number of rotatable bonds is 22. The molecule has 5 aromatic rings. The first kappa shape index (κ1) is 58.1. The smallest absolute Gasteiger partial charge is 0.744 e. The standard InChI is InChI=1S/C56H62N3O11PS2.Na/c1-55(2)46-37-43(72(63,64)65)27-30-48(46)58(51(55)24-16-25-52-56(3,4)47-38-44(73(66,67)68)28-31-49(47)59(52)34-35-69-5)33-15-9-10-18-40(60)19-17-32-57-53(61)39-26-29-45(54(62)70-6)50(36-39)71(41-20-11-7-12-21-41)42-22-13-8-14-23-42;/h7-8,11-14,16,20-31,36-38H,9-10,15,17-19,32-35H2,1-6H3,(H2-,57,61,63,64,65,66,67,68);/q;+1. The molecular formula is C56H62N3NaO11PS2+. The van der Waals surface area contributed by atoms with Crippen molar-refractivity contribution in [2.24, 2.45) is 0 Å². The molecule has 7 rings (SSSR count). The van der Waals surface area contributed by atoms with E-state index in [1.54, 1.807) is 37.4 Å². The molecule has 384 valence electrons. The van der Waals surface area contributed by atoms with Crippen LogP contribution in [0, 0.1) is 0 Å². The summed E-state index contributed by atoms with van der Waals surface area (Å²) in [5.41, 5.74) is 4.12. The first-order valence-electron chi connectivity index (χ1n) is 24.1. The van der Waals surface area contributed by atoms with Gasteiger partial charge < -0.3 is 24.2 Å².